The first-order chi connectivity index (χ1) is 11.0. The van der Waals surface area contributed by atoms with Crippen molar-refractivity contribution in [1.29, 1.82) is 0 Å². The van der Waals surface area contributed by atoms with Gasteiger partial charge in [-0.2, -0.15) is 0 Å². The lowest BCUT2D eigenvalue weighted by Crippen LogP contribution is -2.55. The van der Waals surface area contributed by atoms with Crippen LogP contribution in [-0.4, -0.2) is 57.9 Å². The lowest BCUT2D eigenvalue weighted by molar-refractivity contribution is -0.150. The van der Waals surface area contributed by atoms with E-state index in [2.05, 4.69) is 0 Å². The van der Waals surface area contributed by atoms with E-state index in [9.17, 15) is 14.7 Å². The molecular weight excluding hydrogens is 318 g/mol. The summed E-state index contributed by atoms with van der Waals surface area (Å²) in [5, 5.41) is 10.7. The van der Waals surface area contributed by atoms with Gasteiger partial charge in [-0.1, -0.05) is 30.3 Å². The lowest BCUT2D eigenvalue weighted by Gasteiger charge is -2.31. The zero-order chi connectivity index (χ0) is 16.8. The summed E-state index contributed by atoms with van der Waals surface area (Å²) in [6, 6.07) is 8.17. The second-order valence-electron chi connectivity index (χ2n) is 5.66. The molecule has 1 aromatic rings. The Labute approximate surface area is 140 Å². The number of benzene rings is 1. The van der Waals surface area contributed by atoms with Crippen molar-refractivity contribution in [2.75, 3.05) is 19.0 Å². The Morgan fingerprint density at radius 1 is 1.39 bits per heavy atom. The van der Waals surface area contributed by atoms with Crippen molar-refractivity contribution < 1.29 is 14.7 Å². The Hall–Kier alpha value is -1.63. The number of rotatable bonds is 7. The zero-order valence-electron chi connectivity index (χ0n) is 12.9. The topological polar surface area (TPSA) is 86.9 Å². The molecule has 0 aliphatic carbocycles. The van der Waals surface area contributed by atoms with Gasteiger partial charge < -0.3 is 10.0 Å². The maximum atomic E-state index is 12.9. The molecule has 0 saturated carbocycles. The minimum absolute atomic E-state index is 0.244. The van der Waals surface area contributed by atoms with E-state index in [1.54, 1.807) is 0 Å². The second kappa shape index (κ2) is 8.29. The van der Waals surface area contributed by atoms with Gasteiger partial charge >= 0.3 is 5.97 Å². The van der Waals surface area contributed by atoms with Gasteiger partial charge in [0, 0.05) is 19.0 Å². The molecule has 7 heteroatoms. The average Bonchev–Trinajstić information content (AvgIpc) is 3.03. The molecular formula is C16H22ClN3O3. The zero-order valence-corrected chi connectivity index (χ0v) is 13.7. The summed E-state index contributed by atoms with van der Waals surface area (Å²) in [5.74, 6) is 5.12. The molecule has 0 unspecified atom stereocenters. The Balaban J connectivity index is 2.18. The smallest absolute Gasteiger partial charge is 0.326 e. The van der Waals surface area contributed by atoms with Crippen LogP contribution in [0, 0.1) is 0 Å². The number of hydrogen-bond acceptors (Lipinski definition) is 4. The van der Waals surface area contributed by atoms with Crippen molar-refractivity contribution >= 4 is 23.5 Å². The molecule has 0 bridgehead atoms. The molecule has 1 aromatic carbocycles. The van der Waals surface area contributed by atoms with Crippen LogP contribution in [0.4, 0.5) is 0 Å². The molecule has 126 valence electrons. The minimum Gasteiger partial charge on any atom is -0.480 e. The highest BCUT2D eigenvalue weighted by Gasteiger charge is 2.38. The molecule has 3 N–H and O–H groups in total. The third-order valence-electron chi connectivity index (χ3n) is 4.12. The maximum absolute atomic E-state index is 12.9. The summed E-state index contributed by atoms with van der Waals surface area (Å²) in [4.78, 5) is 25.6. The molecule has 1 amide bonds. The van der Waals surface area contributed by atoms with Gasteiger partial charge in [0.25, 0.3) is 0 Å². The van der Waals surface area contributed by atoms with Crippen molar-refractivity contribution in [2.24, 2.45) is 5.84 Å². The molecule has 0 spiro atoms. The van der Waals surface area contributed by atoms with E-state index < -0.39 is 18.1 Å². The fourth-order valence-corrected chi connectivity index (χ4v) is 3.11. The molecule has 1 fully saturated rings. The monoisotopic (exact) mass is 339 g/mol. The highest BCUT2D eigenvalue weighted by molar-refractivity contribution is 6.18. The number of likely N-dealkylation sites (tertiary alicyclic amines) is 1. The number of carbonyl (C=O) groups is 2. The second-order valence-corrected chi connectivity index (χ2v) is 6.04. The van der Waals surface area contributed by atoms with Crippen molar-refractivity contribution in [3.8, 4) is 0 Å². The SMILES string of the molecule is NN(CCCl)[C@@H](Cc1ccccc1)C(=O)N1CCC[C@H]1C(=O)O. The van der Waals surface area contributed by atoms with E-state index in [4.69, 9.17) is 17.4 Å². The van der Waals surface area contributed by atoms with Gasteiger partial charge in [-0.25, -0.2) is 9.80 Å². The van der Waals surface area contributed by atoms with Gasteiger partial charge in [0.1, 0.15) is 12.1 Å². The van der Waals surface area contributed by atoms with Crippen LogP contribution in [0.3, 0.4) is 0 Å². The number of nitrogens with zero attached hydrogens (tertiary/aromatic N) is 2. The molecule has 6 nitrogen and oxygen atoms in total. The first kappa shape index (κ1) is 17.7. The summed E-state index contributed by atoms with van der Waals surface area (Å²) >= 11 is 5.75. The van der Waals surface area contributed by atoms with E-state index in [-0.39, 0.29) is 5.91 Å². The number of amides is 1. The molecule has 2 atom stereocenters. The molecule has 1 saturated heterocycles. The number of carboxylic acid groups (broad SMARTS) is 1. The van der Waals surface area contributed by atoms with Crippen LogP contribution in [0.25, 0.3) is 0 Å². The summed E-state index contributed by atoms with van der Waals surface area (Å²) in [7, 11) is 0. The molecule has 1 heterocycles. The largest absolute Gasteiger partial charge is 0.480 e. The summed E-state index contributed by atoms with van der Waals surface area (Å²) < 4.78 is 0. The van der Waals surface area contributed by atoms with Crippen LogP contribution in [0.1, 0.15) is 18.4 Å². The number of aliphatic carboxylic acids is 1. The molecule has 0 radical (unpaired) electrons. The van der Waals surface area contributed by atoms with Gasteiger partial charge in [-0.15, -0.1) is 11.6 Å². The Morgan fingerprint density at radius 3 is 2.70 bits per heavy atom. The van der Waals surface area contributed by atoms with Crippen LogP contribution >= 0.6 is 11.6 Å². The number of alkyl halides is 1. The number of nitrogens with two attached hydrogens (primary N) is 1. The van der Waals surface area contributed by atoms with Crippen LogP contribution in [0.15, 0.2) is 30.3 Å². The van der Waals surface area contributed by atoms with Crippen LogP contribution < -0.4 is 5.84 Å². The van der Waals surface area contributed by atoms with Crippen LogP contribution in [0.5, 0.6) is 0 Å². The summed E-state index contributed by atoms with van der Waals surface area (Å²) in [6.45, 7) is 0.812. The van der Waals surface area contributed by atoms with Crippen LogP contribution in [0.2, 0.25) is 0 Å². The van der Waals surface area contributed by atoms with Crippen LogP contribution in [-0.2, 0) is 16.0 Å². The highest BCUT2D eigenvalue weighted by Crippen LogP contribution is 2.21. The lowest BCUT2D eigenvalue weighted by atomic mass is 10.0. The summed E-state index contributed by atoms with van der Waals surface area (Å²) in [5.41, 5.74) is 0.974. The van der Waals surface area contributed by atoms with Gasteiger partial charge in [0.15, 0.2) is 0 Å². The van der Waals surface area contributed by atoms with Crippen molar-refractivity contribution in [2.45, 2.75) is 31.3 Å². The normalized spacial score (nSPS) is 19.1. The van der Waals surface area contributed by atoms with Crippen molar-refractivity contribution in [1.82, 2.24) is 9.91 Å². The molecule has 23 heavy (non-hydrogen) atoms. The number of hydrazine groups is 1. The minimum atomic E-state index is -0.963. The Kier molecular flexibility index (Phi) is 6.38. The van der Waals surface area contributed by atoms with Gasteiger partial charge in [-0.05, 0) is 24.8 Å². The molecule has 1 aliphatic heterocycles. The average molecular weight is 340 g/mol. The number of carbonyl (C=O) groups excluding carboxylic acids is 1. The van der Waals surface area contributed by atoms with E-state index >= 15 is 0 Å². The maximum Gasteiger partial charge on any atom is 0.326 e. The van der Waals surface area contributed by atoms with Gasteiger partial charge in [0.05, 0.1) is 0 Å². The third kappa shape index (κ3) is 4.43. The van der Waals surface area contributed by atoms with Gasteiger partial charge in [0.2, 0.25) is 5.91 Å². The number of carboxylic acids is 1. The fourth-order valence-electron chi connectivity index (χ4n) is 2.92. The molecule has 1 aliphatic rings. The van der Waals surface area contributed by atoms with Crippen molar-refractivity contribution in [3.05, 3.63) is 35.9 Å². The van der Waals surface area contributed by atoms with Gasteiger partial charge in [-0.3, -0.25) is 10.6 Å². The van der Waals surface area contributed by atoms with E-state index in [0.717, 1.165) is 5.56 Å². The predicted octanol–water partition coefficient (Wildman–Crippen LogP) is 1.09. The Bertz CT molecular complexity index is 541. The number of halogens is 1. The highest BCUT2D eigenvalue weighted by atomic mass is 35.5. The third-order valence-corrected chi connectivity index (χ3v) is 4.29. The first-order valence-electron chi connectivity index (χ1n) is 7.69. The van der Waals surface area contributed by atoms with Crippen molar-refractivity contribution in [3.63, 3.8) is 0 Å². The van der Waals surface area contributed by atoms with E-state index in [0.29, 0.717) is 38.2 Å². The predicted molar refractivity (Wildman–Crippen MR) is 87.9 cm³/mol. The molecule has 0 aromatic heterocycles. The fraction of sp³-hybridized carbons (Fsp3) is 0.500. The summed E-state index contributed by atoms with van der Waals surface area (Å²) in [6.07, 6.45) is 1.61. The number of hydrogen-bond donors (Lipinski definition) is 2. The molecule has 2 rings (SSSR count). The Morgan fingerprint density at radius 2 is 2.09 bits per heavy atom. The quantitative estimate of drug-likeness (QED) is 0.441. The van der Waals surface area contributed by atoms with E-state index in [1.807, 2.05) is 30.3 Å². The standard InChI is InChI=1S/C16H22ClN3O3/c17-8-10-20(18)14(11-12-5-2-1-3-6-12)15(21)19-9-4-7-13(19)16(22)23/h1-3,5-6,13-14H,4,7-11,18H2,(H,22,23)/t13-,14-/m0/s1. The van der Waals surface area contributed by atoms with E-state index in [1.165, 1.54) is 9.91 Å². The first-order valence-corrected chi connectivity index (χ1v) is 8.22.